The van der Waals surface area contributed by atoms with Gasteiger partial charge in [-0.15, -0.1) is 0 Å². The molecule has 0 spiro atoms. The lowest BCUT2D eigenvalue weighted by Crippen LogP contribution is -2.48. The van der Waals surface area contributed by atoms with E-state index < -0.39 is 5.63 Å². The number of benzene rings is 1. The summed E-state index contributed by atoms with van der Waals surface area (Å²) in [4.78, 5) is 40.6. The van der Waals surface area contributed by atoms with E-state index in [1.165, 1.54) is 13.0 Å². The second kappa shape index (κ2) is 8.59. The summed E-state index contributed by atoms with van der Waals surface area (Å²) in [5.74, 6) is 2.03. The molecule has 154 valence electrons. The van der Waals surface area contributed by atoms with Gasteiger partial charge >= 0.3 is 5.63 Å². The van der Waals surface area contributed by atoms with Crippen LogP contribution in [-0.4, -0.2) is 58.8 Å². The maximum atomic E-state index is 13.0. The fraction of sp³-hybridized carbons (Fsp3) is 0.476. The molecule has 1 unspecified atom stereocenters. The molecule has 2 aliphatic heterocycles. The van der Waals surface area contributed by atoms with Gasteiger partial charge in [-0.1, -0.05) is 0 Å². The van der Waals surface area contributed by atoms with Crippen LogP contribution in [0.3, 0.4) is 0 Å². The van der Waals surface area contributed by atoms with E-state index in [2.05, 4.69) is 10.2 Å². The summed E-state index contributed by atoms with van der Waals surface area (Å²) in [6.07, 6.45) is 1.83. The van der Waals surface area contributed by atoms with Gasteiger partial charge in [0.1, 0.15) is 5.58 Å². The van der Waals surface area contributed by atoms with Crippen LogP contribution in [-0.2, 0) is 16.1 Å². The van der Waals surface area contributed by atoms with Crippen LogP contribution in [0.5, 0.6) is 0 Å². The van der Waals surface area contributed by atoms with Gasteiger partial charge in [-0.25, -0.2) is 4.79 Å². The molecule has 1 N–H and O–H groups in total. The summed E-state index contributed by atoms with van der Waals surface area (Å²) >= 11 is 1.89. The summed E-state index contributed by atoms with van der Waals surface area (Å²) in [6, 6.07) is 6.70. The van der Waals surface area contributed by atoms with Gasteiger partial charge in [0.05, 0.1) is 6.04 Å². The number of rotatable bonds is 4. The molecule has 2 aliphatic rings. The lowest BCUT2D eigenvalue weighted by Gasteiger charge is -2.32. The van der Waals surface area contributed by atoms with E-state index >= 15 is 0 Å². The third kappa shape index (κ3) is 4.48. The fourth-order valence-corrected chi connectivity index (χ4v) is 5.05. The largest absolute Gasteiger partial charge is 0.423 e. The molecule has 8 heteroatoms. The number of hydrogen-bond donors (Lipinski definition) is 1. The van der Waals surface area contributed by atoms with E-state index in [1.54, 1.807) is 12.1 Å². The Bertz CT molecular complexity index is 984. The van der Waals surface area contributed by atoms with E-state index in [0.29, 0.717) is 17.8 Å². The van der Waals surface area contributed by atoms with Crippen molar-refractivity contribution in [1.29, 1.82) is 0 Å². The minimum Gasteiger partial charge on any atom is -0.423 e. The number of nitrogens with one attached hydrogen (secondary N) is 1. The monoisotopic (exact) mass is 415 g/mol. The lowest BCUT2D eigenvalue weighted by atomic mass is 10.1. The molecule has 2 fully saturated rings. The van der Waals surface area contributed by atoms with Gasteiger partial charge in [0, 0.05) is 61.3 Å². The molecule has 1 atom stereocenters. The van der Waals surface area contributed by atoms with Crippen molar-refractivity contribution in [3.63, 3.8) is 0 Å². The zero-order chi connectivity index (χ0) is 20.4. The zero-order valence-corrected chi connectivity index (χ0v) is 17.3. The standard InChI is InChI=1S/C21H25N3O4S/c1-14(25)22-16-4-5-17-15(11-20(26)28-19(17)12-16)13-24-6-2-3-18(24)21(27)23-7-9-29-10-8-23/h4-5,11-12,18H,2-3,6-10,13H2,1H3,(H,22,25). The van der Waals surface area contributed by atoms with Crippen molar-refractivity contribution in [1.82, 2.24) is 9.80 Å². The van der Waals surface area contributed by atoms with Crippen LogP contribution < -0.4 is 10.9 Å². The van der Waals surface area contributed by atoms with Crippen molar-refractivity contribution in [2.45, 2.75) is 32.4 Å². The number of fused-ring (bicyclic) bond motifs is 1. The predicted octanol–water partition coefficient (Wildman–Crippen LogP) is 2.29. The SMILES string of the molecule is CC(=O)Nc1ccc2c(CN3CCCC3C(=O)N3CCSCC3)cc(=O)oc2c1. The second-order valence-corrected chi connectivity index (χ2v) is 8.77. The Morgan fingerprint density at radius 1 is 1.21 bits per heavy atom. The van der Waals surface area contributed by atoms with Gasteiger partial charge < -0.3 is 14.6 Å². The van der Waals surface area contributed by atoms with Gasteiger partial charge in [-0.05, 0) is 37.1 Å². The van der Waals surface area contributed by atoms with Gasteiger partial charge in [0.15, 0.2) is 0 Å². The topological polar surface area (TPSA) is 82.9 Å². The van der Waals surface area contributed by atoms with Crippen molar-refractivity contribution < 1.29 is 14.0 Å². The van der Waals surface area contributed by atoms with E-state index in [9.17, 15) is 14.4 Å². The number of nitrogens with zero attached hydrogens (tertiary/aromatic N) is 2. The van der Waals surface area contributed by atoms with Crippen LogP contribution in [0.15, 0.2) is 33.5 Å². The van der Waals surface area contributed by atoms with Gasteiger partial charge in [-0.3, -0.25) is 14.5 Å². The van der Waals surface area contributed by atoms with Crippen LogP contribution >= 0.6 is 11.8 Å². The Balaban J connectivity index is 1.58. The molecule has 7 nitrogen and oxygen atoms in total. The molecule has 2 aromatic rings. The lowest BCUT2D eigenvalue weighted by molar-refractivity contribution is -0.135. The number of thioether (sulfide) groups is 1. The quantitative estimate of drug-likeness (QED) is 0.772. The van der Waals surface area contributed by atoms with Crippen molar-refractivity contribution in [3.8, 4) is 0 Å². The first-order valence-electron chi connectivity index (χ1n) is 9.96. The average Bonchev–Trinajstić information content (AvgIpc) is 3.15. The van der Waals surface area contributed by atoms with Crippen LogP contribution in [0, 0.1) is 0 Å². The number of anilines is 1. The van der Waals surface area contributed by atoms with Crippen molar-refractivity contribution in [2.75, 3.05) is 36.5 Å². The summed E-state index contributed by atoms with van der Waals surface area (Å²) < 4.78 is 5.36. The highest BCUT2D eigenvalue weighted by atomic mass is 32.2. The normalized spacial score (nSPS) is 20.2. The molecule has 0 radical (unpaired) electrons. The highest BCUT2D eigenvalue weighted by Crippen LogP contribution is 2.27. The van der Waals surface area contributed by atoms with Crippen LogP contribution in [0.2, 0.25) is 0 Å². The first kappa shape index (κ1) is 20.0. The Kier molecular flexibility index (Phi) is 5.91. The Morgan fingerprint density at radius 2 is 2.00 bits per heavy atom. The molecule has 4 rings (SSSR count). The molecule has 1 aromatic heterocycles. The van der Waals surface area contributed by atoms with Crippen molar-refractivity contribution in [2.24, 2.45) is 0 Å². The summed E-state index contributed by atoms with van der Waals surface area (Å²) in [7, 11) is 0. The molecule has 0 aliphatic carbocycles. The molecule has 0 saturated carbocycles. The maximum absolute atomic E-state index is 13.0. The Labute approximate surface area is 173 Å². The number of carbonyl (C=O) groups is 2. The number of likely N-dealkylation sites (tertiary alicyclic amines) is 1. The van der Waals surface area contributed by atoms with Crippen LogP contribution in [0.4, 0.5) is 5.69 Å². The maximum Gasteiger partial charge on any atom is 0.336 e. The zero-order valence-electron chi connectivity index (χ0n) is 16.5. The van der Waals surface area contributed by atoms with Gasteiger partial charge in [0.2, 0.25) is 11.8 Å². The van der Waals surface area contributed by atoms with E-state index in [0.717, 1.165) is 54.9 Å². The third-order valence-corrected chi connectivity index (χ3v) is 6.44. The van der Waals surface area contributed by atoms with E-state index in [1.807, 2.05) is 22.7 Å². The van der Waals surface area contributed by atoms with Crippen LogP contribution in [0.25, 0.3) is 11.0 Å². The van der Waals surface area contributed by atoms with Crippen molar-refractivity contribution in [3.05, 3.63) is 40.2 Å². The fourth-order valence-electron chi connectivity index (χ4n) is 4.15. The van der Waals surface area contributed by atoms with E-state index in [-0.39, 0.29) is 17.9 Å². The molecule has 0 bridgehead atoms. The first-order chi connectivity index (χ1) is 14.0. The first-order valence-corrected chi connectivity index (χ1v) is 11.1. The molecular formula is C21H25N3O4S. The molecular weight excluding hydrogens is 390 g/mol. The third-order valence-electron chi connectivity index (χ3n) is 5.50. The predicted molar refractivity (Wildman–Crippen MR) is 114 cm³/mol. The highest BCUT2D eigenvalue weighted by molar-refractivity contribution is 7.99. The Hall–Kier alpha value is -2.32. The van der Waals surface area contributed by atoms with Gasteiger partial charge in [0.25, 0.3) is 0 Å². The number of amides is 2. The number of hydrogen-bond acceptors (Lipinski definition) is 6. The minimum absolute atomic E-state index is 0.126. The smallest absolute Gasteiger partial charge is 0.336 e. The number of carbonyl (C=O) groups excluding carboxylic acids is 2. The Morgan fingerprint density at radius 3 is 2.76 bits per heavy atom. The molecule has 29 heavy (non-hydrogen) atoms. The summed E-state index contributed by atoms with van der Waals surface area (Å²) in [5, 5.41) is 3.53. The molecule has 2 amide bonds. The molecule has 3 heterocycles. The van der Waals surface area contributed by atoms with Crippen LogP contribution in [0.1, 0.15) is 25.3 Å². The summed E-state index contributed by atoms with van der Waals surface area (Å²) in [6.45, 7) is 4.43. The van der Waals surface area contributed by atoms with Crippen molar-refractivity contribution >= 4 is 40.2 Å². The second-order valence-electron chi connectivity index (χ2n) is 7.55. The van der Waals surface area contributed by atoms with Gasteiger partial charge in [-0.2, -0.15) is 11.8 Å². The molecule has 1 aromatic carbocycles. The highest BCUT2D eigenvalue weighted by Gasteiger charge is 2.34. The minimum atomic E-state index is -0.428. The van der Waals surface area contributed by atoms with E-state index in [4.69, 9.17) is 4.42 Å². The summed E-state index contributed by atoms with van der Waals surface area (Å²) in [5.41, 5.74) is 1.44. The average molecular weight is 416 g/mol. The molecule has 2 saturated heterocycles.